The molecule has 0 aliphatic heterocycles. The summed E-state index contributed by atoms with van der Waals surface area (Å²) in [7, 11) is 0. The van der Waals surface area contributed by atoms with Crippen LogP contribution in [0.1, 0.15) is 40.0 Å². The van der Waals surface area contributed by atoms with E-state index in [0.717, 1.165) is 31.2 Å². The summed E-state index contributed by atoms with van der Waals surface area (Å²) in [6, 6.07) is 10.7. The summed E-state index contributed by atoms with van der Waals surface area (Å²) in [6.45, 7) is 8.62. The van der Waals surface area contributed by atoms with Crippen LogP contribution >= 0.6 is 0 Å². The predicted molar refractivity (Wildman–Crippen MR) is 78.1 cm³/mol. The first-order chi connectivity index (χ1) is 8.77. The van der Waals surface area contributed by atoms with E-state index >= 15 is 0 Å². The van der Waals surface area contributed by atoms with Gasteiger partial charge >= 0.3 is 0 Å². The smallest absolute Gasteiger partial charge is 0.119 e. The van der Waals surface area contributed by atoms with E-state index in [1.807, 2.05) is 30.3 Å². The van der Waals surface area contributed by atoms with Crippen LogP contribution in [-0.2, 0) is 0 Å². The van der Waals surface area contributed by atoms with Crippen molar-refractivity contribution in [2.75, 3.05) is 13.2 Å². The third kappa shape index (κ3) is 5.54. The Morgan fingerprint density at radius 3 is 2.50 bits per heavy atom. The Morgan fingerprint density at radius 1 is 1.17 bits per heavy atom. The molecule has 0 radical (unpaired) electrons. The number of benzene rings is 1. The normalized spacial score (nSPS) is 14.2. The summed E-state index contributed by atoms with van der Waals surface area (Å²) in [4.78, 5) is 0. The maximum absolute atomic E-state index is 5.72. The maximum atomic E-state index is 5.72. The van der Waals surface area contributed by atoms with Gasteiger partial charge < -0.3 is 10.1 Å². The van der Waals surface area contributed by atoms with Gasteiger partial charge in [-0.25, -0.2) is 0 Å². The Balaban J connectivity index is 2.22. The molecule has 2 unspecified atom stereocenters. The Morgan fingerprint density at radius 2 is 1.89 bits per heavy atom. The van der Waals surface area contributed by atoms with Crippen LogP contribution in [-0.4, -0.2) is 19.2 Å². The van der Waals surface area contributed by atoms with Crippen LogP contribution in [0.25, 0.3) is 0 Å². The lowest BCUT2D eigenvalue weighted by atomic mass is 9.95. The standard InChI is InChI=1S/C16H27NO/c1-4-14(3)16(17-5-2)12-9-13-18-15-10-7-6-8-11-15/h6-8,10-11,14,16-17H,4-5,9,12-13H2,1-3H3. The van der Waals surface area contributed by atoms with Crippen molar-refractivity contribution in [1.29, 1.82) is 0 Å². The second kappa shape index (κ2) is 8.98. The summed E-state index contributed by atoms with van der Waals surface area (Å²) >= 11 is 0. The van der Waals surface area contributed by atoms with Crippen LogP contribution in [0.2, 0.25) is 0 Å². The predicted octanol–water partition coefficient (Wildman–Crippen LogP) is 3.87. The van der Waals surface area contributed by atoms with Gasteiger partial charge in [0, 0.05) is 6.04 Å². The highest BCUT2D eigenvalue weighted by atomic mass is 16.5. The van der Waals surface area contributed by atoms with Crippen molar-refractivity contribution in [1.82, 2.24) is 5.32 Å². The van der Waals surface area contributed by atoms with Crippen LogP contribution in [0.5, 0.6) is 5.75 Å². The highest BCUT2D eigenvalue weighted by Gasteiger charge is 2.13. The number of hydrogen-bond acceptors (Lipinski definition) is 2. The molecule has 1 rings (SSSR count). The molecule has 0 aromatic heterocycles. The second-order valence-corrected chi connectivity index (χ2v) is 4.85. The van der Waals surface area contributed by atoms with Gasteiger partial charge in [-0.05, 0) is 37.4 Å². The molecule has 1 N–H and O–H groups in total. The molecule has 0 aliphatic carbocycles. The van der Waals surface area contributed by atoms with Crippen molar-refractivity contribution in [3.05, 3.63) is 30.3 Å². The second-order valence-electron chi connectivity index (χ2n) is 4.85. The summed E-state index contributed by atoms with van der Waals surface area (Å²) in [5, 5.41) is 3.58. The van der Waals surface area contributed by atoms with Gasteiger partial charge in [-0.2, -0.15) is 0 Å². The van der Waals surface area contributed by atoms with Gasteiger partial charge in [0.25, 0.3) is 0 Å². The lowest BCUT2D eigenvalue weighted by molar-refractivity contribution is 0.276. The number of para-hydroxylation sites is 1. The molecule has 1 aromatic carbocycles. The van der Waals surface area contributed by atoms with Gasteiger partial charge in [-0.15, -0.1) is 0 Å². The van der Waals surface area contributed by atoms with Crippen molar-refractivity contribution in [2.45, 2.75) is 46.1 Å². The van der Waals surface area contributed by atoms with Crippen molar-refractivity contribution in [2.24, 2.45) is 5.92 Å². The minimum Gasteiger partial charge on any atom is -0.494 e. The first kappa shape index (κ1) is 15.0. The van der Waals surface area contributed by atoms with Crippen molar-refractivity contribution in [3.63, 3.8) is 0 Å². The quantitative estimate of drug-likeness (QED) is 0.671. The van der Waals surface area contributed by atoms with Gasteiger partial charge in [0.15, 0.2) is 0 Å². The van der Waals surface area contributed by atoms with E-state index in [0.29, 0.717) is 6.04 Å². The molecule has 0 aliphatic rings. The molecule has 2 nitrogen and oxygen atoms in total. The van der Waals surface area contributed by atoms with Crippen LogP contribution < -0.4 is 10.1 Å². The molecule has 0 spiro atoms. The van der Waals surface area contributed by atoms with E-state index in [-0.39, 0.29) is 0 Å². The van der Waals surface area contributed by atoms with Gasteiger partial charge in [-0.1, -0.05) is 45.4 Å². The third-order valence-electron chi connectivity index (χ3n) is 3.47. The summed E-state index contributed by atoms with van der Waals surface area (Å²) in [5.41, 5.74) is 0. The summed E-state index contributed by atoms with van der Waals surface area (Å²) < 4.78 is 5.72. The SMILES string of the molecule is CCNC(CCCOc1ccccc1)C(C)CC. The van der Waals surface area contributed by atoms with E-state index in [9.17, 15) is 0 Å². The highest BCUT2D eigenvalue weighted by Crippen LogP contribution is 2.14. The van der Waals surface area contributed by atoms with Crippen LogP contribution in [0, 0.1) is 5.92 Å². The van der Waals surface area contributed by atoms with Crippen molar-refractivity contribution >= 4 is 0 Å². The molecule has 18 heavy (non-hydrogen) atoms. The average Bonchev–Trinajstić information content (AvgIpc) is 2.42. The first-order valence-electron chi connectivity index (χ1n) is 7.19. The summed E-state index contributed by atoms with van der Waals surface area (Å²) in [6.07, 6.45) is 3.53. The molecule has 0 bridgehead atoms. The van der Waals surface area contributed by atoms with Crippen LogP contribution in [0.15, 0.2) is 30.3 Å². The lowest BCUT2D eigenvalue weighted by Crippen LogP contribution is -2.34. The fourth-order valence-corrected chi connectivity index (χ4v) is 2.14. The number of hydrogen-bond donors (Lipinski definition) is 1. The Labute approximate surface area is 112 Å². The molecule has 102 valence electrons. The van der Waals surface area contributed by atoms with E-state index in [1.165, 1.54) is 12.8 Å². The minimum atomic E-state index is 0.624. The van der Waals surface area contributed by atoms with Gasteiger partial charge in [0.2, 0.25) is 0 Å². The zero-order chi connectivity index (χ0) is 13.2. The van der Waals surface area contributed by atoms with Crippen LogP contribution in [0.3, 0.4) is 0 Å². The fourth-order valence-electron chi connectivity index (χ4n) is 2.14. The van der Waals surface area contributed by atoms with E-state index in [1.54, 1.807) is 0 Å². The Bertz CT molecular complexity index is 299. The monoisotopic (exact) mass is 249 g/mol. The Hall–Kier alpha value is -1.02. The van der Waals surface area contributed by atoms with Gasteiger partial charge in [-0.3, -0.25) is 0 Å². The maximum Gasteiger partial charge on any atom is 0.119 e. The van der Waals surface area contributed by atoms with E-state index < -0.39 is 0 Å². The van der Waals surface area contributed by atoms with Crippen molar-refractivity contribution < 1.29 is 4.74 Å². The third-order valence-corrected chi connectivity index (χ3v) is 3.47. The van der Waals surface area contributed by atoms with Gasteiger partial charge in [0.05, 0.1) is 6.61 Å². The first-order valence-corrected chi connectivity index (χ1v) is 7.19. The molecule has 0 saturated carbocycles. The van der Waals surface area contributed by atoms with Gasteiger partial charge in [0.1, 0.15) is 5.75 Å². The fraction of sp³-hybridized carbons (Fsp3) is 0.625. The lowest BCUT2D eigenvalue weighted by Gasteiger charge is -2.23. The van der Waals surface area contributed by atoms with Crippen LogP contribution in [0.4, 0.5) is 0 Å². The zero-order valence-electron chi connectivity index (χ0n) is 12.0. The molecular weight excluding hydrogens is 222 g/mol. The summed E-state index contributed by atoms with van der Waals surface area (Å²) in [5.74, 6) is 1.71. The number of nitrogens with one attached hydrogen (secondary N) is 1. The molecule has 0 heterocycles. The van der Waals surface area contributed by atoms with E-state index in [2.05, 4.69) is 26.1 Å². The average molecular weight is 249 g/mol. The van der Waals surface area contributed by atoms with E-state index in [4.69, 9.17) is 4.74 Å². The minimum absolute atomic E-state index is 0.624. The number of rotatable bonds is 9. The highest BCUT2D eigenvalue weighted by molar-refractivity contribution is 5.20. The molecular formula is C16H27NO. The Kier molecular flexibility index (Phi) is 7.51. The topological polar surface area (TPSA) is 21.3 Å². The molecule has 2 atom stereocenters. The molecule has 0 fully saturated rings. The molecule has 0 saturated heterocycles. The molecule has 2 heteroatoms. The zero-order valence-corrected chi connectivity index (χ0v) is 12.0. The molecule has 1 aromatic rings. The number of ether oxygens (including phenoxy) is 1. The molecule has 0 amide bonds. The van der Waals surface area contributed by atoms with Crippen molar-refractivity contribution in [3.8, 4) is 5.75 Å². The largest absolute Gasteiger partial charge is 0.494 e.